The summed E-state index contributed by atoms with van der Waals surface area (Å²) in [7, 11) is 0. The van der Waals surface area contributed by atoms with Crippen molar-refractivity contribution in [1.29, 1.82) is 0 Å². The summed E-state index contributed by atoms with van der Waals surface area (Å²) < 4.78 is 16.8. The molecule has 0 bridgehead atoms. The van der Waals surface area contributed by atoms with Crippen molar-refractivity contribution in [1.82, 2.24) is 5.32 Å². The third-order valence-corrected chi connectivity index (χ3v) is 4.28. The summed E-state index contributed by atoms with van der Waals surface area (Å²) in [5, 5.41) is 3.70. The Morgan fingerprint density at radius 1 is 1.12 bits per heavy atom. The maximum absolute atomic E-state index is 5.94. The Bertz CT molecular complexity index is 247. The zero-order valence-corrected chi connectivity index (χ0v) is 10.5. The third kappa shape index (κ3) is 2.81. The van der Waals surface area contributed by atoms with Crippen molar-refractivity contribution in [3.05, 3.63) is 0 Å². The van der Waals surface area contributed by atoms with Crippen molar-refractivity contribution in [2.75, 3.05) is 39.6 Å². The SMILES string of the molecule is C1CC(CNC2CCOC3(CCOC3)C2)CO1. The van der Waals surface area contributed by atoms with Gasteiger partial charge in [0.1, 0.15) is 0 Å². The van der Waals surface area contributed by atoms with Crippen molar-refractivity contribution in [3.63, 3.8) is 0 Å². The lowest BCUT2D eigenvalue weighted by Crippen LogP contribution is -2.48. The van der Waals surface area contributed by atoms with Gasteiger partial charge in [0.15, 0.2) is 0 Å². The average Bonchev–Trinajstić information content (AvgIpc) is 2.99. The van der Waals surface area contributed by atoms with Crippen molar-refractivity contribution in [3.8, 4) is 0 Å². The summed E-state index contributed by atoms with van der Waals surface area (Å²) >= 11 is 0. The largest absolute Gasteiger partial charge is 0.381 e. The van der Waals surface area contributed by atoms with E-state index in [4.69, 9.17) is 14.2 Å². The Kier molecular flexibility index (Phi) is 3.66. The Morgan fingerprint density at radius 2 is 2.12 bits per heavy atom. The maximum atomic E-state index is 5.94. The normalized spacial score (nSPS) is 42.4. The first kappa shape index (κ1) is 11.9. The van der Waals surface area contributed by atoms with E-state index in [2.05, 4.69) is 5.32 Å². The third-order valence-electron chi connectivity index (χ3n) is 4.28. The van der Waals surface area contributed by atoms with Gasteiger partial charge in [0.05, 0.1) is 18.8 Å². The fourth-order valence-electron chi connectivity index (χ4n) is 3.14. The standard InChI is InChI=1S/C13H23NO3/c1-4-15-9-11(1)8-14-12-2-5-17-13(7-12)3-6-16-10-13/h11-12,14H,1-10H2. The van der Waals surface area contributed by atoms with Gasteiger partial charge in [-0.05, 0) is 25.2 Å². The topological polar surface area (TPSA) is 39.7 Å². The molecule has 3 fully saturated rings. The Balaban J connectivity index is 1.46. The molecule has 0 saturated carbocycles. The molecule has 0 aliphatic carbocycles. The van der Waals surface area contributed by atoms with Crippen molar-refractivity contribution < 1.29 is 14.2 Å². The second-order valence-electron chi connectivity index (χ2n) is 5.66. The molecule has 0 aromatic rings. The van der Waals surface area contributed by atoms with E-state index in [-0.39, 0.29) is 5.60 Å². The number of rotatable bonds is 3. The highest BCUT2D eigenvalue weighted by atomic mass is 16.6. The van der Waals surface area contributed by atoms with Gasteiger partial charge in [0.2, 0.25) is 0 Å². The molecule has 0 radical (unpaired) electrons. The van der Waals surface area contributed by atoms with Gasteiger partial charge in [-0.25, -0.2) is 0 Å². The fraction of sp³-hybridized carbons (Fsp3) is 1.00. The van der Waals surface area contributed by atoms with Gasteiger partial charge >= 0.3 is 0 Å². The number of ether oxygens (including phenoxy) is 3. The van der Waals surface area contributed by atoms with Gasteiger partial charge < -0.3 is 19.5 Å². The van der Waals surface area contributed by atoms with Gasteiger partial charge in [-0.2, -0.15) is 0 Å². The predicted molar refractivity (Wildman–Crippen MR) is 64.1 cm³/mol. The molecule has 0 amide bonds. The summed E-state index contributed by atoms with van der Waals surface area (Å²) in [6.45, 7) is 5.51. The van der Waals surface area contributed by atoms with Crippen LogP contribution < -0.4 is 5.32 Å². The molecule has 3 heterocycles. The van der Waals surface area contributed by atoms with Gasteiger partial charge in [-0.3, -0.25) is 0 Å². The van der Waals surface area contributed by atoms with E-state index in [1.165, 1.54) is 6.42 Å². The molecular formula is C13H23NO3. The molecule has 0 aromatic carbocycles. The highest BCUT2D eigenvalue weighted by Crippen LogP contribution is 2.32. The van der Waals surface area contributed by atoms with Gasteiger partial charge in [0, 0.05) is 38.8 Å². The highest BCUT2D eigenvalue weighted by Gasteiger charge is 2.40. The molecule has 17 heavy (non-hydrogen) atoms. The summed E-state index contributed by atoms with van der Waals surface area (Å²) in [5.74, 6) is 0.716. The van der Waals surface area contributed by atoms with Gasteiger partial charge in [0.25, 0.3) is 0 Å². The first-order valence-corrected chi connectivity index (χ1v) is 6.89. The van der Waals surface area contributed by atoms with Crippen LogP contribution in [0.1, 0.15) is 25.7 Å². The lowest BCUT2D eigenvalue weighted by atomic mass is 9.89. The fourth-order valence-corrected chi connectivity index (χ4v) is 3.14. The second kappa shape index (κ2) is 5.22. The van der Waals surface area contributed by atoms with Crippen molar-refractivity contribution in [2.45, 2.75) is 37.3 Å². The first-order chi connectivity index (χ1) is 8.36. The molecule has 3 atom stereocenters. The summed E-state index contributed by atoms with van der Waals surface area (Å²) in [6, 6.07) is 0.603. The Morgan fingerprint density at radius 3 is 2.88 bits per heavy atom. The molecule has 98 valence electrons. The monoisotopic (exact) mass is 241 g/mol. The maximum Gasteiger partial charge on any atom is 0.0951 e. The molecular weight excluding hydrogens is 218 g/mol. The number of hydrogen-bond acceptors (Lipinski definition) is 4. The summed E-state index contributed by atoms with van der Waals surface area (Å²) in [5.41, 5.74) is 0.0299. The van der Waals surface area contributed by atoms with E-state index in [0.29, 0.717) is 12.0 Å². The van der Waals surface area contributed by atoms with Crippen LogP contribution in [0, 0.1) is 5.92 Å². The first-order valence-electron chi connectivity index (χ1n) is 6.89. The summed E-state index contributed by atoms with van der Waals surface area (Å²) in [4.78, 5) is 0. The molecule has 0 aromatic heterocycles. The van der Waals surface area contributed by atoms with E-state index in [9.17, 15) is 0 Å². The van der Waals surface area contributed by atoms with E-state index in [0.717, 1.165) is 58.8 Å². The quantitative estimate of drug-likeness (QED) is 0.798. The molecule has 3 unspecified atom stereocenters. The molecule has 4 heteroatoms. The van der Waals surface area contributed by atoms with E-state index >= 15 is 0 Å². The highest BCUT2D eigenvalue weighted by molar-refractivity contribution is 4.93. The zero-order chi connectivity index (χ0) is 11.6. The van der Waals surface area contributed by atoms with E-state index in [1.54, 1.807) is 0 Å². The van der Waals surface area contributed by atoms with Crippen LogP contribution in [0.5, 0.6) is 0 Å². The molecule has 1 N–H and O–H groups in total. The molecule has 3 saturated heterocycles. The number of hydrogen-bond donors (Lipinski definition) is 1. The van der Waals surface area contributed by atoms with Crippen LogP contribution in [0.3, 0.4) is 0 Å². The van der Waals surface area contributed by atoms with E-state index in [1.807, 2.05) is 0 Å². The van der Waals surface area contributed by atoms with Crippen molar-refractivity contribution in [2.24, 2.45) is 5.92 Å². The van der Waals surface area contributed by atoms with Crippen LogP contribution >= 0.6 is 0 Å². The van der Waals surface area contributed by atoms with Gasteiger partial charge in [-0.15, -0.1) is 0 Å². The van der Waals surface area contributed by atoms with E-state index < -0.39 is 0 Å². The number of nitrogens with one attached hydrogen (secondary N) is 1. The Hall–Kier alpha value is -0.160. The minimum absolute atomic E-state index is 0.0299. The predicted octanol–water partition coefficient (Wildman–Crippen LogP) is 0.951. The lowest BCUT2D eigenvalue weighted by Gasteiger charge is -2.37. The summed E-state index contributed by atoms with van der Waals surface area (Å²) in [6.07, 6.45) is 4.53. The van der Waals surface area contributed by atoms with Crippen LogP contribution in [-0.2, 0) is 14.2 Å². The second-order valence-corrected chi connectivity index (χ2v) is 5.66. The molecule has 3 aliphatic heterocycles. The molecule has 3 aliphatic rings. The van der Waals surface area contributed by atoms with Crippen LogP contribution in [0.2, 0.25) is 0 Å². The van der Waals surface area contributed by atoms with Crippen LogP contribution in [-0.4, -0.2) is 51.2 Å². The molecule has 1 spiro atoms. The Labute approximate surface area is 103 Å². The van der Waals surface area contributed by atoms with Crippen LogP contribution in [0.15, 0.2) is 0 Å². The molecule has 4 nitrogen and oxygen atoms in total. The minimum atomic E-state index is 0.0299. The zero-order valence-electron chi connectivity index (χ0n) is 10.5. The van der Waals surface area contributed by atoms with Crippen LogP contribution in [0.4, 0.5) is 0 Å². The minimum Gasteiger partial charge on any atom is -0.381 e. The van der Waals surface area contributed by atoms with Gasteiger partial charge in [-0.1, -0.05) is 0 Å². The lowest BCUT2D eigenvalue weighted by molar-refractivity contribution is -0.0895. The van der Waals surface area contributed by atoms with Crippen molar-refractivity contribution >= 4 is 0 Å². The molecule has 3 rings (SSSR count). The average molecular weight is 241 g/mol. The van der Waals surface area contributed by atoms with Crippen LogP contribution in [0.25, 0.3) is 0 Å². The smallest absolute Gasteiger partial charge is 0.0951 e.